The molecule has 2 N–H and O–H groups in total. The highest BCUT2D eigenvalue weighted by atomic mass is 35.5. The highest BCUT2D eigenvalue weighted by molar-refractivity contribution is 7.88. The molecule has 268 valence electrons. The molecule has 2 amide bonds. The minimum absolute atomic E-state index is 0.0399. The van der Waals surface area contributed by atoms with Crippen LogP contribution in [0.1, 0.15) is 85.5 Å². The quantitative estimate of drug-likeness (QED) is 0.177. The predicted octanol–water partition coefficient (Wildman–Crippen LogP) is 6.10. The molecular weight excluding hydrogens is 705 g/mol. The van der Waals surface area contributed by atoms with Crippen molar-refractivity contribution < 1.29 is 37.1 Å². The van der Waals surface area contributed by atoms with Crippen molar-refractivity contribution in [3.05, 3.63) is 99.0 Å². The van der Waals surface area contributed by atoms with Crippen LogP contribution in [0.4, 0.5) is 0 Å². The highest BCUT2D eigenvalue weighted by Crippen LogP contribution is 2.48. The fraction of sp³-hybridized carbons (Fsp3) is 0.417. The molecule has 4 unspecified atom stereocenters. The second kappa shape index (κ2) is 15.7. The molecule has 3 aromatic carbocycles. The number of hydrogen-bond acceptors (Lipinski definition) is 8. The van der Waals surface area contributed by atoms with Gasteiger partial charge in [-0.15, -0.1) is 0 Å². The minimum Gasteiger partial charge on any atom is -0.482 e. The Kier molecular flexibility index (Phi) is 11.8. The maximum atomic E-state index is 14.4. The maximum absolute atomic E-state index is 14.4. The van der Waals surface area contributed by atoms with Crippen LogP contribution in [0.3, 0.4) is 0 Å². The Morgan fingerprint density at radius 2 is 1.70 bits per heavy atom. The number of fused-ring (bicyclic) bond motifs is 1. The number of carbonyl (C=O) groups excluding carboxylic acids is 3. The van der Waals surface area contributed by atoms with E-state index < -0.39 is 51.5 Å². The van der Waals surface area contributed by atoms with Gasteiger partial charge >= 0.3 is 5.97 Å². The van der Waals surface area contributed by atoms with Gasteiger partial charge in [0.1, 0.15) is 11.4 Å². The molecule has 0 bridgehead atoms. The zero-order chi connectivity index (χ0) is 36.2. The summed E-state index contributed by atoms with van der Waals surface area (Å²) in [4.78, 5) is 48.2. The van der Waals surface area contributed by atoms with Gasteiger partial charge in [0.2, 0.25) is 10.0 Å². The fourth-order valence-electron chi connectivity index (χ4n) is 6.62. The number of nitrogens with zero attached hydrogens (tertiary/aromatic N) is 1. The van der Waals surface area contributed by atoms with E-state index in [0.717, 1.165) is 19.1 Å². The van der Waals surface area contributed by atoms with E-state index in [-0.39, 0.29) is 24.1 Å². The number of hydroxylamine groups is 1. The first-order valence-corrected chi connectivity index (χ1v) is 18.9. The monoisotopic (exact) mass is 745 g/mol. The van der Waals surface area contributed by atoms with Crippen molar-refractivity contribution in [3.8, 4) is 5.75 Å². The van der Waals surface area contributed by atoms with E-state index in [2.05, 4.69) is 10.2 Å². The number of rotatable bonds is 11. The average molecular weight is 747 g/mol. The van der Waals surface area contributed by atoms with Crippen molar-refractivity contribution in [2.75, 3.05) is 12.9 Å². The molecule has 4 atom stereocenters. The summed E-state index contributed by atoms with van der Waals surface area (Å²) in [5.74, 6) is -1.95. The molecule has 1 aliphatic heterocycles. The molecule has 0 aromatic heterocycles. The summed E-state index contributed by atoms with van der Waals surface area (Å²) in [5, 5.41) is 0.633. The lowest BCUT2D eigenvalue weighted by Gasteiger charge is -2.49. The van der Waals surface area contributed by atoms with Crippen molar-refractivity contribution in [3.63, 3.8) is 0 Å². The zero-order valence-electron chi connectivity index (χ0n) is 28.3. The normalized spacial score (nSPS) is 20.9. The van der Waals surface area contributed by atoms with Gasteiger partial charge in [0.25, 0.3) is 11.8 Å². The summed E-state index contributed by atoms with van der Waals surface area (Å²) in [7, 11) is -3.62. The van der Waals surface area contributed by atoms with Crippen molar-refractivity contribution in [1.29, 1.82) is 0 Å². The molecule has 50 heavy (non-hydrogen) atoms. The number of halogens is 2. The third kappa shape index (κ3) is 9.35. The summed E-state index contributed by atoms with van der Waals surface area (Å²) in [5.41, 5.74) is 3.89. The Bertz CT molecular complexity index is 1850. The Balaban J connectivity index is 1.44. The Morgan fingerprint density at radius 3 is 2.42 bits per heavy atom. The average Bonchev–Trinajstić information content (AvgIpc) is 3.03. The lowest BCUT2D eigenvalue weighted by atomic mass is 9.76. The Hall–Kier alpha value is -3.68. The van der Waals surface area contributed by atoms with Gasteiger partial charge in [-0.3, -0.25) is 14.4 Å². The molecule has 1 heterocycles. The molecule has 1 saturated carbocycles. The van der Waals surface area contributed by atoms with Gasteiger partial charge < -0.3 is 14.4 Å². The van der Waals surface area contributed by atoms with E-state index in [1.165, 1.54) is 0 Å². The van der Waals surface area contributed by atoms with E-state index in [1.54, 1.807) is 92.4 Å². The molecule has 3 aromatic rings. The van der Waals surface area contributed by atoms with Crippen LogP contribution in [0.2, 0.25) is 10.0 Å². The van der Waals surface area contributed by atoms with E-state index >= 15 is 0 Å². The standard InChI is InChI=1S/C36H41Cl2N3O8S/c1-36(2,3)49-31(42)21-47-24-11-9-10-22(18-24)20-48-39-34(43)32-25-12-5-6-13-26(25)35(44)41(33(32)27-17-16-23(37)19-28(27)38)30-15-8-7-14-29(30)40-50(4,45)46/h5-6,9-13,16-19,29-30,32-33,40H,7-8,14-15,20-21H2,1-4H3,(H,39,43). The molecule has 1 aliphatic carbocycles. The maximum Gasteiger partial charge on any atom is 0.344 e. The van der Waals surface area contributed by atoms with Gasteiger partial charge in [-0.05, 0) is 80.6 Å². The zero-order valence-corrected chi connectivity index (χ0v) is 30.6. The second-order valence-corrected chi connectivity index (χ2v) is 16.1. The molecule has 2 aliphatic rings. The third-order valence-corrected chi connectivity index (χ3v) is 9.77. The van der Waals surface area contributed by atoms with Crippen LogP contribution in [-0.2, 0) is 35.8 Å². The van der Waals surface area contributed by atoms with E-state index in [1.807, 2.05) is 0 Å². The van der Waals surface area contributed by atoms with E-state index in [0.29, 0.717) is 45.9 Å². The summed E-state index contributed by atoms with van der Waals surface area (Å²) >= 11 is 13.1. The number of esters is 1. The summed E-state index contributed by atoms with van der Waals surface area (Å²) in [6.07, 6.45) is 3.67. The summed E-state index contributed by atoms with van der Waals surface area (Å²) in [6.45, 7) is 5.00. The first kappa shape index (κ1) is 37.6. The highest BCUT2D eigenvalue weighted by Gasteiger charge is 2.49. The van der Waals surface area contributed by atoms with Crippen LogP contribution in [0.5, 0.6) is 5.75 Å². The van der Waals surface area contributed by atoms with Crippen LogP contribution in [0.15, 0.2) is 66.7 Å². The van der Waals surface area contributed by atoms with Crippen molar-refractivity contribution in [1.82, 2.24) is 15.1 Å². The van der Waals surface area contributed by atoms with E-state index in [4.69, 9.17) is 37.5 Å². The molecule has 0 saturated heterocycles. The first-order valence-electron chi connectivity index (χ1n) is 16.3. The van der Waals surface area contributed by atoms with Crippen LogP contribution in [0, 0.1) is 0 Å². The smallest absolute Gasteiger partial charge is 0.344 e. The number of benzene rings is 3. The van der Waals surface area contributed by atoms with Gasteiger partial charge in [0.05, 0.1) is 24.8 Å². The second-order valence-electron chi connectivity index (χ2n) is 13.5. The van der Waals surface area contributed by atoms with Crippen LogP contribution >= 0.6 is 23.2 Å². The number of amides is 2. The number of nitrogens with one attached hydrogen (secondary N) is 2. The summed E-state index contributed by atoms with van der Waals surface area (Å²) in [6, 6.07) is 16.5. The number of sulfonamides is 1. The molecular formula is C36H41Cl2N3O8S. The minimum atomic E-state index is -3.62. The molecule has 5 rings (SSSR count). The van der Waals surface area contributed by atoms with Gasteiger partial charge in [-0.25, -0.2) is 23.4 Å². The molecule has 0 spiro atoms. The lowest BCUT2D eigenvalue weighted by molar-refractivity contribution is -0.157. The molecule has 0 radical (unpaired) electrons. The van der Waals surface area contributed by atoms with Crippen molar-refractivity contribution >= 4 is 51.0 Å². The largest absolute Gasteiger partial charge is 0.482 e. The molecule has 14 heteroatoms. The Morgan fingerprint density at radius 1 is 0.960 bits per heavy atom. The molecule has 11 nitrogen and oxygen atoms in total. The van der Waals surface area contributed by atoms with E-state index in [9.17, 15) is 22.8 Å². The van der Waals surface area contributed by atoms with Crippen molar-refractivity contribution in [2.24, 2.45) is 0 Å². The van der Waals surface area contributed by atoms with Crippen LogP contribution < -0.4 is 14.9 Å². The summed E-state index contributed by atoms with van der Waals surface area (Å²) < 4.78 is 38.5. The fourth-order valence-corrected chi connectivity index (χ4v) is 7.97. The first-order chi connectivity index (χ1) is 23.6. The number of ether oxygens (including phenoxy) is 2. The predicted molar refractivity (Wildman–Crippen MR) is 189 cm³/mol. The van der Waals surface area contributed by atoms with Crippen LogP contribution in [-0.4, -0.2) is 61.6 Å². The number of carbonyl (C=O) groups is 3. The van der Waals surface area contributed by atoms with Gasteiger partial charge in [0, 0.05) is 27.7 Å². The number of hydrogen-bond donors (Lipinski definition) is 2. The van der Waals surface area contributed by atoms with Gasteiger partial charge in [-0.2, -0.15) is 0 Å². The van der Waals surface area contributed by atoms with Crippen LogP contribution in [0.25, 0.3) is 0 Å². The lowest BCUT2D eigenvalue weighted by Crippen LogP contribution is -2.59. The van der Waals surface area contributed by atoms with Gasteiger partial charge in [0.15, 0.2) is 6.61 Å². The molecule has 1 fully saturated rings. The topological polar surface area (TPSA) is 140 Å². The van der Waals surface area contributed by atoms with Crippen molar-refractivity contribution in [2.45, 2.75) is 82.7 Å². The third-order valence-electron chi connectivity index (χ3n) is 8.48. The Labute approximate surface area is 302 Å². The SMILES string of the molecule is CC(C)(C)OC(=O)COc1cccc(CONC(=O)C2c3ccccc3C(=O)N(C3CCCCC3NS(C)(=O)=O)C2c2ccc(Cl)cc2Cl)c1. The van der Waals surface area contributed by atoms with Gasteiger partial charge in [-0.1, -0.05) is 72.4 Å².